The molecule has 150 valence electrons. The van der Waals surface area contributed by atoms with Crippen molar-refractivity contribution >= 4 is 16.3 Å². The van der Waals surface area contributed by atoms with Crippen molar-refractivity contribution in [1.29, 1.82) is 0 Å². The van der Waals surface area contributed by atoms with Gasteiger partial charge < -0.3 is 14.6 Å². The summed E-state index contributed by atoms with van der Waals surface area (Å²) < 4.78 is 12.8. The highest BCUT2D eigenvalue weighted by Crippen LogP contribution is 2.42. The van der Waals surface area contributed by atoms with Crippen LogP contribution in [0, 0.1) is 6.92 Å². The van der Waals surface area contributed by atoms with Crippen LogP contribution >= 0.6 is 11.3 Å². The third-order valence-corrected chi connectivity index (χ3v) is 6.19. The normalized spacial score (nSPS) is 16.4. The topological polar surface area (TPSA) is 72.1 Å². The van der Waals surface area contributed by atoms with Crippen molar-refractivity contribution in [2.45, 2.75) is 39.2 Å². The van der Waals surface area contributed by atoms with Gasteiger partial charge in [-0.2, -0.15) is 4.52 Å². The molecular weight excluding hydrogens is 376 g/mol. The number of rotatable bonds is 6. The number of hydrogen-bond acceptors (Lipinski definition) is 7. The second-order valence-corrected chi connectivity index (χ2v) is 7.99. The Labute approximate surface area is 168 Å². The highest BCUT2D eigenvalue weighted by atomic mass is 32.1. The fourth-order valence-electron chi connectivity index (χ4n) is 3.86. The fourth-order valence-corrected chi connectivity index (χ4v) is 5.02. The molecule has 8 heteroatoms. The van der Waals surface area contributed by atoms with Crippen LogP contribution in [-0.4, -0.2) is 51.4 Å². The minimum Gasteiger partial charge on any atom is -0.493 e. The first-order valence-electron chi connectivity index (χ1n) is 9.72. The van der Waals surface area contributed by atoms with Gasteiger partial charge in [-0.05, 0) is 57.5 Å². The maximum atomic E-state index is 10.9. The summed E-state index contributed by atoms with van der Waals surface area (Å²) in [6.45, 7) is 6.36. The molecule has 1 atom stereocenters. The number of aryl methyl sites for hydroxylation is 1. The Balaban J connectivity index is 1.81. The van der Waals surface area contributed by atoms with Crippen LogP contribution in [-0.2, 0) is 0 Å². The third-order valence-electron chi connectivity index (χ3n) is 5.11. The van der Waals surface area contributed by atoms with Crippen molar-refractivity contribution in [2.24, 2.45) is 0 Å². The Bertz CT molecular complexity index is 962. The third kappa shape index (κ3) is 3.42. The standard InChI is InChI=1S/C20H26N4O3S/c1-4-27-15-9-8-14(12-16(15)26-3)17(23-10-6-5-7-11-23)18-19(25)24-20(28-18)21-13(2)22-24/h8-9,12,17,25H,4-7,10-11H2,1-3H3. The molecule has 0 saturated carbocycles. The lowest BCUT2D eigenvalue weighted by Gasteiger charge is -2.34. The van der Waals surface area contributed by atoms with E-state index in [0.717, 1.165) is 42.1 Å². The first kappa shape index (κ1) is 19.0. The van der Waals surface area contributed by atoms with Crippen molar-refractivity contribution < 1.29 is 14.6 Å². The summed E-state index contributed by atoms with van der Waals surface area (Å²) in [5, 5.41) is 15.2. The molecule has 1 aromatic carbocycles. The number of nitrogens with zero attached hydrogens (tertiary/aromatic N) is 4. The molecule has 28 heavy (non-hydrogen) atoms. The molecule has 1 fully saturated rings. The van der Waals surface area contributed by atoms with Crippen molar-refractivity contribution in [3.05, 3.63) is 34.5 Å². The molecule has 4 rings (SSSR count). The highest BCUT2D eigenvalue weighted by Gasteiger charge is 2.31. The number of hydrogen-bond donors (Lipinski definition) is 1. The monoisotopic (exact) mass is 402 g/mol. The zero-order valence-electron chi connectivity index (χ0n) is 16.5. The van der Waals surface area contributed by atoms with Crippen molar-refractivity contribution in [1.82, 2.24) is 19.5 Å². The summed E-state index contributed by atoms with van der Waals surface area (Å²) in [5.74, 6) is 2.26. The van der Waals surface area contributed by atoms with Gasteiger partial charge in [0.1, 0.15) is 5.82 Å². The van der Waals surface area contributed by atoms with Crippen molar-refractivity contribution in [3.63, 3.8) is 0 Å². The van der Waals surface area contributed by atoms with E-state index in [4.69, 9.17) is 9.47 Å². The Kier molecular flexibility index (Phi) is 5.41. The van der Waals surface area contributed by atoms with Gasteiger partial charge in [-0.15, -0.1) is 5.10 Å². The van der Waals surface area contributed by atoms with Gasteiger partial charge in [-0.25, -0.2) is 4.98 Å². The molecule has 3 aromatic rings. The van der Waals surface area contributed by atoms with Crippen LogP contribution in [0.1, 0.15) is 48.5 Å². The van der Waals surface area contributed by atoms with Crippen molar-refractivity contribution in [2.75, 3.05) is 26.8 Å². The van der Waals surface area contributed by atoms with Crippen LogP contribution in [0.4, 0.5) is 0 Å². The minimum absolute atomic E-state index is 0.0707. The van der Waals surface area contributed by atoms with E-state index in [-0.39, 0.29) is 11.9 Å². The zero-order valence-corrected chi connectivity index (χ0v) is 17.3. The van der Waals surface area contributed by atoms with Crippen LogP contribution in [0.3, 0.4) is 0 Å². The summed E-state index contributed by atoms with van der Waals surface area (Å²) >= 11 is 1.49. The van der Waals surface area contributed by atoms with E-state index < -0.39 is 0 Å². The number of aromatic nitrogens is 3. The number of aromatic hydroxyl groups is 1. The second kappa shape index (κ2) is 7.97. The summed E-state index contributed by atoms with van der Waals surface area (Å²) in [4.78, 5) is 8.44. The first-order valence-corrected chi connectivity index (χ1v) is 10.5. The van der Waals surface area contributed by atoms with Gasteiger partial charge in [0, 0.05) is 0 Å². The van der Waals surface area contributed by atoms with Gasteiger partial charge in [-0.1, -0.05) is 23.8 Å². The number of ether oxygens (including phenoxy) is 2. The quantitative estimate of drug-likeness (QED) is 0.676. The van der Waals surface area contributed by atoms with E-state index >= 15 is 0 Å². The first-order chi connectivity index (χ1) is 13.6. The van der Waals surface area contributed by atoms with Gasteiger partial charge in [0.05, 0.1) is 24.6 Å². The number of piperidine rings is 1. The smallest absolute Gasteiger partial charge is 0.230 e. The maximum absolute atomic E-state index is 10.9. The van der Waals surface area contributed by atoms with E-state index in [1.165, 1.54) is 22.3 Å². The largest absolute Gasteiger partial charge is 0.493 e. The number of methoxy groups -OCH3 is 1. The molecule has 3 heterocycles. The molecule has 7 nitrogen and oxygen atoms in total. The lowest BCUT2D eigenvalue weighted by atomic mass is 10.00. The number of fused-ring (bicyclic) bond motifs is 1. The Hall–Kier alpha value is -2.32. The van der Waals surface area contributed by atoms with E-state index in [1.54, 1.807) is 7.11 Å². The molecule has 2 aromatic heterocycles. The van der Waals surface area contributed by atoms with Crippen LogP contribution in [0.5, 0.6) is 17.4 Å². The van der Waals surface area contributed by atoms with Gasteiger partial charge in [0.25, 0.3) is 0 Å². The summed E-state index contributed by atoms with van der Waals surface area (Å²) in [5.41, 5.74) is 1.07. The fraction of sp³-hybridized carbons (Fsp3) is 0.500. The number of benzene rings is 1. The lowest BCUT2D eigenvalue weighted by Crippen LogP contribution is -2.34. The molecular formula is C20H26N4O3S. The summed E-state index contributed by atoms with van der Waals surface area (Å²) in [7, 11) is 1.65. The summed E-state index contributed by atoms with van der Waals surface area (Å²) in [6, 6.07) is 5.96. The van der Waals surface area contributed by atoms with Gasteiger partial charge >= 0.3 is 0 Å². The maximum Gasteiger partial charge on any atom is 0.230 e. The van der Waals surface area contributed by atoms with E-state index in [9.17, 15) is 5.11 Å². The van der Waals surface area contributed by atoms with Crippen molar-refractivity contribution in [3.8, 4) is 17.4 Å². The number of likely N-dealkylation sites (tertiary alicyclic amines) is 1. The van der Waals surface area contributed by atoms with Crippen LogP contribution in [0.2, 0.25) is 0 Å². The van der Waals surface area contributed by atoms with Gasteiger partial charge in [0.15, 0.2) is 11.5 Å². The molecule has 1 N–H and O–H groups in total. The Morgan fingerprint density at radius 3 is 2.68 bits per heavy atom. The van der Waals surface area contributed by atoms with E-state index in [0.29, 0.717) is 23.1 Å². The Morgan fingerprint density at radius 2 is 2.00 bits per heavy atom. The van der Waals surface area contributed by atoms with E-state index in [2.05, 4.69) is 21.0 Å². The Morgan fingerprint density at radius 1 is 1.21 bits per heavy atom. The van der Waals surface area contributed by atoms with Gasteiger partial charge in [-0.3, -0.25) is 4.90 Å². The minimum atomic E-state index is -0.0707. The molecule has 0 amide bonds. The highest BCUT2D eigenvalue weighted by molar-refractivity contribution is 7.17. The predicted molar refractivity (Wildman–Crippen MR) is 109 cm³/mol. The molecule has 0 radical (unpaired) electrons. The van der Waals surface area contributed by atoms with Crippen LogP contribution in [0.15, 0.2) is 18.2 Å². The average molecular weight is 403 g/mol. The van der Waals surface area contributed by atoms with Gasteiger partial charge in [0.2, 0.25) is 10.8 Å². The molecule has 1 aliphatic rings. The lowest BCUT2D eigenvalue weighted by molar-refractivity contribution is 0.186. The molecule has 0 spiro atoms. The predicted octanol–water partition coefficient (Wildman–Crippen LogP) is 3.79. The molecule has 1 aliphatic heterocycles. The second-order valence-electron chi connectivity index (χ2n) is 6.99. The molecule has 0 bridgehead atoms. The molecule has 1 saturated heterocycles. The number of thiazole rings is 1. The molecule has 0 aliphatic carbocycles. The van der Waals surface area contributed by atoms with E-state index in [1.807, 2.05) is 26.0 Å². The van der Waals surface area contributed by atoms with Crippen LogP contribution in [0.25, 0.3) is 4.96 Å². The zero-order chi connectivity index (χ0) is 19.7. The molecule has 1 unspecified atom stereocenters. The SMILES string of the molecule is CCOc1ccc(C(c2sc3nc(C)nn3c2O)N2CCCCC2)cc1OC. The average Bonchev–Trinajstić information content (AvgIpc) is 3.21. The summed E-state index contributed by atoms with van der Waals surface area (Å²) in [6.07, 6.45) is 3.56. The van der Waals surface area contributed by atoms with Crippen LogP contribution < -0.4 is 9.47 Å².